The number of nitrogens with zero attached hydrogens (tertiary/aromatic N) is 4. The van der Waals surface area contributed by atoms with Gasteiger partial charge >= 0.3 is 6.03 Å². The van der Waals surface area contributed by atoms with Crippen LogP contribution >= 0.6 is 23.2 Å². The summed E-state index contributed by atoms with van der Waals surface area (Å²) >= 11 is 12.6. The van der Waals surface area contributed by atoms with E-state index >= 15 is 0 Å². The Balaban J connectivity index is 1.62. The van der Waals surface area contributed by atoms with Crippen molar-refractivity contribution in [2.75, 3.05) is 52.1 Å². The molecule has 0 radical (unpaired) electrons. The summed E-state index contributed by atoms with van der Waals surface area (Å²) in [6.07, 6.45) is 1.12. The van der Waals surface area contributed by atoms with Crippen LogP contribution in [0.25, 0.3) is 0 Å². The SMILES string of the molecule is CCOc1ccc(S(=O)(=O)NC(C)(C)C)cc1C1=N[C@@H](c2ccc(Cl)cc2)[C@@H](c2ccc(Cl)cc2)N1C(=O)N1CCN(CCNS(C)(=O)=O)CC1. The number of hydrogen-bond donors (Lipinski definition) is 2. The van der Waals surface area contributed by atoms with Gasteiger partial charge in [0.1, 0.15) is 17.6 Å². The first-order chi connectivity index (χ1) is 24.0. The summed E-state index contributed by atoms with van der Waals surface area (Å²) in [5, 5.41) is 1.08. The largest absolute Gasteiger partial charge is 0.493 e. The van der Waals surface area contributed by atoms with Crippen LogP contribution in [0.1, 0.15) is 56.5 Å². The predicted molar refractivity (Wildman–Crippen MR) is 201 cm³/mol. The fraction of sp³-hybridized carbons (Fsp3) is 0.429. The van der Waals surface area contributed by atoms with Crippen LogP contribution in [-0.2, 0) is 20.0 Å². The topological polar surface area (TPSA) is 141 Å². The van der Waals surface area contributed by atoms with Crippen molar-refractivity contribution in [3.63, 3.8) is 0 Å². The zero-order valence-corrected chi connectivity index (χ0v) is 32.4. The van der Waals surface area contributed by atoms with E-state index in [1.54, 1.807) is 60.9 Å². The van der Waals surface area contributed by atoms with Gasteiger partial charge in [0, 0.05) is 54.9 Å². The van der Waals surface area contributed by atoms with Gasteiger partial charge in [-0.05, 0) is 81.3 Å². The van der Waals surface area contributed by atoms with E-state index in [0.717, 1.165) is 17.4 Å². The molecule has 51 heavy (non-hydrogen) atoms. The van der Waals surface area contributed by atoms with Crippen LogP contribution in [0.2, 0.25) is 10.0 Å². The number of amidine groups is 1. The average Bonchev–Trinajstić information content (AvgIpc) is 3.44. The molecule has 0 bridgehead atoms. The molecule has 2 amide bonds. The zero-order chi connectivity index (χ0) is 37.1. The Morgan fingerprint density at radius 3 is 2.04 bits per heavy atom. The maximum Gasteiger partial charge on any atom is 0.326 e. The molecule has 2 aliphatic rings. The lowest BCUT2D eigenvalue weighted by atomic mass is 9.93. The number of sulfonamides is 2. The van der Waals surface area contributed by atoms with Crippen molar-refractivity contribution in [1.82, 2.24) is 24.1 Å². The summed E-state index contributed by atoms with van der Waals surface area (Å²) in [5.41, 5.74) is 1.18. The van der Waals surface area contributed by atoms with E-state index in [-0.39, 0.29) is 29.9 Å². The Morgan fingerprint density at radius 2 is 1.49 bits per heavy atom. The minimum absolute atomic E-state index is 0.000259. The fourth-order valence-electron chi connectivity index (χ4n) is 6.15. The van der Waals surface area contributed by atoms with Crippen LogP contribution < -0.4 is 14.2 Å². The molecule has 3 aromatic rings. The number of hydrogen-bond acceptors (Lipinski definition) is 8. The number of aliphatic imine (C=N–C) groups is 1. The summed E-state index contributed by atoms with van der Waals surface area (Å²) in [4.78, 5) is 25.6. The van der Waals surface area contributed by atoms with E-state index in [4.69, 9.17) is 32.9 Å². The highest BCUT2D eigenvalue weighted by molar-refractivity contribution is 7.89. The van der Waals surface area contributed by atoms with Gasteiger partial charge in [0.2, 0.25) is 20.0 Å². The normalized spacial score (nSPS) is 18.9. The molecule has 16 heteroatoms. The number of urea groups is 1. The van der Waals surface area contributed by atoms with E-state index in [1.807, 2.05) is 31.2 Å². The van der Waals surface area contributed by atoms with Crippen LogP contribution in [0, 0.1) is 0 Å². The number of amides is 2. The zero-order valence-electron chi connectivity index (χ0n) is 29.3. The Morgan fingerprint density at radius 1 is 0.902 bits per heavy atom. The molecule has 0 aliphatic carbocycles. The average molecular weight is 780 g/mol. The Bertz CT molecular complexity index is 1960. The Hall–Kier alpha value is -3.24. The number of halogens is 2. The standard InChI is InChI=1S/C35H44Cl2N6O6S2/c1-6-49-30-16-15-28(51(47,48)40-35(2,3)4)23-29(30)33-39-31(24-7-11-26(36)12-8-24)32(25-9-13-27(37)14-10-25)43(33)34(44)42-21-19-41(20-22-42)18-17-38-50(5,45)46/h7-16,23,31-32,38,40H,6,17-22H2,1-5H3/t31-,32+/m0/s1. The third-order valence-electron chi connectivity index (χ3n) is 8.37. The molecule has 276 valence electrons. The summed E-state index contributed by atoms with van der Waals surface area (Å²) in [5.74, 6) is 0.634. The Kier molecular flexibility index (Phi) is 12.1. The van der Waals surface area contributed by atoms with Crippen molar-refractivity contribution in [2.24, 2.45) is 4.99 Å². The fourth-order valence-corrected chi connectivity index (χ4v) is 8.31. The molecule has 0 saturated carbocycles. The molecular weight excluding hydrogens is 735 g/mol. The molecule has 2 atom stereocenters. The van der Waals surface area contributed by atoms with Crippen molar-refractivity contribution in [2.45, 2.75) is 50.2 Å². The maximum atomic E-state index is 14.9. The first kappa shape index (κ1) is 39.0. The number of nitrogens with one attached hydrogen (secondary N) is 2. The van der Waals surface area contributed by atoms with E-state index in [0.29, 0.717) is 54.1 Å². The van der Waals surface area contributed by atoms with Crippen molar-refractivity contribution in [3.05, 3.63) is 93.5 Å². The highest BCUT2D eigenvalue weighted by Crippen LogP contribution is 2.45. The van der Waals surface area contributed by atoms with Crippen LogP contribution in [0.15, 0.2) is 76.6 Å². The summed E-state index contributed by atoms with van der Waals surface area (Å²) in [6, 6.07) is 17.5. The van der Waals surface area contributed by atoms with E-state index in [1.165, 1.54) is 12.1 Å². The molecule has 2 N–H and O–H groups in total. The second kappa shape index (κ2) is 15.8. The lowest BCUT2D eigenvalue weighted by Gasteiger charge is -2.39. The molecule has 3 aromatic carbocycles. The number of ether oxygens (including phenoxy) is 1. The van der Waals surface area contributed by atoms with Gasteiger partial charge in [0.25, 0.3) is 0 Å². The maximum absolute atomic E-state index is 14.9. The van der Waals surface area contributed by atoms with Gasteiger partial charge in [-0.15, -0.1) is 0 Å². The monoisotopic (exact) mass is 778 g/mol. The molecular formula is C35H44Cl2N6O6S2. The summed E-state index contributed by atoms with van der Waals surface area (Å²) in [6.45, 7) is 9.97. The molecule has 12 nitrogen and oxygen atoms in total. The smallest absolute Gasteiger partial charge is 0.326 e. The third kappa shape index (κ3) is 9.80. The summed E-state index contributed by atoms with van der Waals surface area (Å²) < 4.78 is 61.6. The third-order valence-corrected chi connectivity index (χ3v) is 11.4. The molecule has 2 heterocycles. The van der Waals surface area contributed by atoms with Crippen LogP contribution in [0.4, 0.5) is 4.79 Å². The predicted octanol–water partition coefficient (Wildman–Crippen LogP) is 5.30. The van der Waals surface area contributed by atoms with Gasteiger partial charge in [-0.2, -0.15) is 0 Å². The van der Waals surface area contributed by atoms with Crippen LogP contribution in [0.3, 0.4) is 0 Å². The first-order valence-corrected chi connectivity index (χ1v) is 20.7. The number of benzene rings is 3. The lowest BCUT2D eigenvalue weighted by molar-refractivity contribution is 0.120. The van der Waals surface area contributed by atoms with Crippen LogP contribution in [-0.4, -0.2) is 101 Å². The number of rotatable bonds is 11. The number of carbonyl (C=O) groups excluding carboxylic acids is 1. The van der Waals surface area contributed by atoms with E-state index < -0.39 is 37.7 Å². The van der Waals surface area contributed by atoms with Crippen molar-refractivity contribution in [1.29, 1.82) is 0 Å². The minimum Gasteiger partial charge on any atom is -0.493 e. The second-order valence-corrected chi connectivity index (χ2v) is 17.9. The van der Waals surface area contributed by atoms with E-state index in [2.05, 4.69) is 14.3 Å². The van der Waals surface area contributed by atoms with Gasteiger partial charge in [-0.25, -0.2) is 31.1 Å². The minimum atomic E-state index is -3.98. The van der Waals surface area contributed by atoms with Crippen molar-refractivity contribution >= 4 is 55.1 Å². The quantitative estimate of drug-likeness (QED) is 0.269. The molecule has 0 unspecified atom stereocenters. The molecule has 5 rings (SSSR count). The van der Waals surface area contributed by atoms with Crippen molar-refractivity contribution in [3.8, 4) is 5.75 Å². The number of piperazine rings is 1. The molecule has 1 saturated heterocycles. The summed E-state index contributed by atoms with van der Waals surface area (Å²) in [7, 11) is -7.29. The molecule has 2 aliphatic heterocycles. The van der Waals surface area contributed by atoms with Gasteiger partial charge < -0.3 is 9.64 Å². The van der Waals surface area contributed by atoms with Gasteiger partial charge in [-0.1, -0.05) is 47.5 Å². The number of carbonyl (C=O) groups is 1. The molecule has 1 fully saturated rings. The highest BCUT2D eigenvalue weighted by atomic mass is 35.5. The van der Waals surface area contributed by atoms with Gasteiger partial charge in [-0.3, -0.25) is 14.8 Å². The second-order valence-electron chi connectivity index (χ2n) is 13.5. The van der Waals surface area contributed by atoms with Gasteiger partial charge in [0.05, 0.1) is 29.4 Å². The van der Waals surface area contributed by atoms with E-state index in [9.17, 15) is 21.6 Å². The lowest BCUT2D eigenvalue weighted by Crippen LogP contribution is -2.54. The molecule has 0 spiro atoms. The van der Waals surface area contributed by atoms with Crippen LogP contribution in [0.5, 0.6) is 5.75 Å². The highest BCUT2D eigenvalue weighted by Gasteiger charge is 2.45. The van der Waals surface area contributed by atoms with Crippen molar-refractivity contribution < 1.29 is 26.4 Å². The first-order valence-electron chi connectivity index (χ1n) is 16.6. The van der Waals surface area contributed by atoms with Gasteiger partial charge in [0.15, 0.2) is 0 Å². The Labute approximate surface area is 310 Å². The molecule has 0 aromatic heterocycles.